The first-order valence-electron chi connectivity index (χ1n) is 2.76. The number of hydrogen-bond donors (Lipinski definition) is 1. The first-order valence-corrected chi connectivity index (χ1v) is 2.76. The molecule has 1 rings (SSSR count). The third-order valence-corrected chi connectivity index (χ3v) is 0.975. The Bertz CT molecular complexity index is 288. The van der Waals surface area contributed by atoms with Gasteiger partial charge in [0.05, 0.1) is 0 Å². The molecular weight excluding hydrogens is 148 g/mol. The molecule has 0 aliphatic carbocycles. The normalized spacial score (nSPS) is 16.0. The number of nitrogens with zero attached hydrogens (tertiary/aromatic N) is 2. The molecular formula is C6H4N2O3. The molecule has 0 aromatic carbocycles. The van der Waals surface area contributed by atoms with E-state index in [9.17, 15) is 9.59 Å². The Kier molecular flexibility index (Phi) is 1.91. The van der Waals surface area contributed by atoms with Crippen molar-refractivity contribution in [3.8, 4) is 0 Å². The lowest BCUT2D eigenvalue weighted by Crippen LogP contribution is -2.04. The fourth-order valence-corrected chi connectivity index (χ4v) is 0.529. The average Bonchev–Trinajstić information content (AvgIpc) is 2.31. The van der Waals surface area contributed by atoms with Crippen LogP contribution >= 0.6 is 0 Å². The van der Waals surface area contributed by atoms with E-state index in [1.807, 2.05) is 0 Å². The highest BCUT2D eigenvalue weighted by molar-refractivity contribution is 6.48. The van der Waals surface area contributed by atoms with Crippen molar-refractivity contribution >= 4 is 23.9 Å². The number of carboxylic acids is 1. The van der Waals surface area contributed by atoms with E-state index in [4.69, 9.17) is 5.11 Å². The van der Waals surface area contributed by atoms with Gasteiger partial charge in [0.15, 0.2) is 0 Å². The minimum absolute atomic E-state index is 0.0485. The fourth-order valence-electron chi connectivity index (χ4n) is 0.529. The van der Waals surface area contributed by atoms with Gasteiger partial charge < -0.3 is 5.11 Å². The molecule has 1 heterocycles. The second kappa shape index (κ2) is 2.87. The third kappa shape index (κ3) is 1.82. The van der Waals surface area contributed by atoms with Crippen molar-refractivity contribution in [3.63, 3.8) is 0 Å². The van der Waals surface area contributed by atoms with Crippen LogP contribution in [0.25, 0.3) is 0 Å². The van der Waals surface area contributed by atoms with Crippen molar-refractivity contribution in [2.75, 3.05) is 0 Å². The fraction of sp³-hybridized carbons (Fsp3) is 0. The lowest BCUT2D eigenvalue weighted by molar-refractivity contribution is -0.131. The maximum Gasteiger partial charge on any atom is 0.328 e. The number of aliphatic carboxylic acids is 1. The number of carboxylic acid groups (broad SMARTS) is 1. The van der Waals surface area contributed by atoms with Gasteiger partial charge >= 0.3 is 5.97 Å². The Hall–Kier alpha value is -1.78. The van der Waals surface area contributed by atoms with Crippen LogP contribution in [0.1, 0.15) is 0 Å². The Morgan fingerprint density at radius 3 is 2.82 bits per heavy atom. The van der Waals surface area contributed by atoms with Gasteiger partial charge in [-0.25, -0.2) is 9.79 Å². The summed E-state index contributed by atoms with van der Waals surface area (Å²) < 4.78 is 0. The summed E-state index contributed by atoms with van der Waals surface area (Å²) in [7, 11) is 0. The van der Waals surface area contributed by atoms with E-state index in [1.165, 1.54) is 0 Å². The van der Waals surface area contributed by atoms with E-state index >= 15 is 0 Å². The molecule has 0 saturated heterocycles. The molecule has 0 atom stereocenters. The number of carbonyl (C=O) groups excluding carboxylic acids is 1. The highest BCUT2D eigenvalue weighted by Gasteiger charge is 2.09. The zero-order chi connectivity index (χ0) is 8.27. The summed E-state index contributed by atoms with van der Waals surface area (Å²) in [5, 5.41) is 8.17. The van der Waals surface area contributed by atoms with Gasteiger partial charge in [0, 0.05) is 6.08 Å². The summed E-state index contributed by atoms with van der Waals surface area (Å²) in [6.45, 7) is 0. The van der Waals surface area contributed by atoms with Gasteiger partial charge in [0.1, 0.15) is 12.1 Å². The molecule has 0 unspecified atom stereocenters. The quantitative estimate of drug-likeness (QED) is 0.548. The molecule has 0 spiro atoms. The molecule has 56 valence electrons. The smallest absolute Gasteiger partial charge is 0.328 e. The Morgan fingerprint density at radius 1 is 1.64 bits per heavy atom. The number of hydrogen-bond acceptors (Lipinski definition) is 3. The molecule has 11 heavy (non-hydrogen) atoms. The topological polar surface area (TPSA) is 79.1 Å². The van der Waals surface area contributed by atoms with Crippen LogP contribution in [0.4, 0.5) is 0 Å². The maximum atomic E-state index is 10.6. The predicted molar refractivity (Wildman–Crippen MR) is 37.7 cm³/mol. The predicted octanol–water partition coefficient (Wildman–Crippen LogP) is -0.363. The van der Waals surface area contributed by atoms with Crippen LogP contribution in [0, 0.1) is 0 Å². The van der Waals surface area contributed by atoms with Crippen LogP contribution < -0.4 is 0 Å². The van der Waals surface area contributed by atoms with Crippen molar-refractivity contribution in [1.29, 1.82) is 0 Å². The first kappa shape index (κ1) is 7.33. The Balaban J connectivity index is 2.66. The number of carbonyl (C=O) groups is 2. The van der Waals surface area contributed by atoms with Crippen molar-refractivity contribution in [2.45, 2.75) is 0 Å². The highest BCUT2D eigenvalue weighted by atomic mass is 16.4. The van der Waals surface area contributed by atoms with E-state index in [-0.39, 0.29) is 5.71 Å². The van der Waals surface area contributed by atoms with Crippen LogP contribution in [0.3, 0.4) is 0 Å². The van der Waals surface area contributed by atoms with Crippen LogP contribution in [0.2, 0.25) is 0 Å². The second-order valence-electron chi connectivity index (χ2n) is 1.74. The zero-order valence-corrected chi connectivity index (χ0v) is 5.39. The molecule has 0 aromatic heterocycles. The zero-order valence-electron chi connectivity index (χ0n) is 5.39. The molecule has 1 aliphatic heterocycles. The summed E-state index contributed by atoms with van der Waals surface area (Å²) in [4.78, 5) is 27.4. The van der Waals surface area contributed by atoms with Crippen LogP contribution in [-0.2, 0) is 9.59 Å². The summed E-state index contributed by atoms with van der Waals surface area (Å²) >= 11 is 0. The maximum absolute atomic E-state index is 10.6. The van der Waals surface area contributed by atoms with Crippen molar-refractivity contribution in [2.24, 2.45) is 9.98 Å². The minimum atomic E-state index is -1.12. The van der Waals surface area contributed by atoms with Crippen molar-refractivity contribution in [1.82, 2.24) is 0 Å². The first-order chi connectivity index (χ1) is 5.20. The van der Waals surface area contributed by atoms with E-state index in [0.717, 1.165) is 18.5 Å². The Morgan fingerprint density at radius 2 is 2.36 bits per heavy atom. The largest absolute Gasteiger partial charge is 0.478 e. The van der Waals surface area contributed by atoms with Crippen LogP contribution in [-0.4, -0.2) is 29.0 Å². The second-order valence-corrected chi connectivity index (χ2v) is 1.74. The van der Waals surface area contributed by atoms with Gasteiger partial charge in [-0.1, -0.05) is 0 Å². The van der Waals surface area contributed by atoms with Crippen molar-refractivity contribution < 1.29 is 14.7 Å². The molecule has 0 bridgehead atoms. The van der Waals surface area contributed by atoms with E-state index < -0.39 is 11.9 Å². The number of rotatable bonds is 2. The van der Waals surface area contributed by atoms with Gasteiger partial charge in [0.25, 0.3) is 5.91 Å². The number of amides is 1. The molecule has 1 aliphatic rings. The van der Waals surface area contributed by atoms with Gasteiger partial charge in [-0.3, -0.25) is 4.79 Å². The van der Waals surface area contributed by atoms with Crippen molar-refractivity contribution in [3.05, 3.63) is 12.2 Å². The minimum Gasteiger partial charge on any atom is -0.478 e. The van der Waals surface area contributed by atoms with E-state index in [2.05, 4.69) is 9.98 Å². The standard InChI is InChI=1S/C6H4N2O3/c9-5(10)2-1-4-6(11)8-3-7-4/h1-3H,(H,9,10). The molecule has 0 radical (unpaired) electrons. The van der Waals surface area contributed by atoms with Gasteiger partial charge in [0.2, 0.25) is 0 Å². The molecule has 0 fully saturated rings. The average molecular weight is 152 g/mol. The molecule has 0 aromatic rings. The molecule has 5 nitrogen and oxygen atoms in total. The Labute approximate surface area is 61.8 Å². The summed E-state index contributed by atoms with van der Waals surface area (Å²) in [5.74, 6) is -1.63. The molecule has 1 N–H and O–H groups in total. The lowest BCUT2D eigenvalue weighted by Gasteiger charge is -1.82. The van der Waals surface area contributed by atoms with Crippen LogP contribution in [0.5, 0.6) is 0 Å². The SMILES string of the molecule is O=C(O)C=CC1=NC=NC1=O. The molecule has 5 heteroatoms. The number of aliphatic imine (C=N–C) groups is 2. The summed E-state index contributed by atoms with van der Waals surface area (Å²) in [6.07, 6.45) is 3.03. The highest BCUT2D eigenvalue weighted by Crippen LogP contribution is 1.92. The van der Waals surface area contributed by atoms with E-state index in [0.29, 0.717) is 0 Å². The third-order valence-electron chi connectivity index (χ3n) is 0.975. The molecule has 0 saturated carbocycles. The monoisotopic (exact) mass is 152 g/mol. The van der Waals surface area contributed by atoms with Gasteiger partial charge in [-0.2, -0.15) is 4.99 Å². The summed E-state index contributed by atoms with van der Waals surface area (Å²) in [6, 6.07) is 0. The lowest BCUT2D eigenvalue weighted by atomic mass is 10.3. The van der Waals surface area contributed by atoms with E-state index in [1.54, 1.807) is 0 Å². The van der Waals surface area contributed by atoms with Gasteiger partial charge in [-0.05, 0) is 6.08 Å². The summed E-state index contributed by atoms with van der Waals surface area (Å²) in [5.41, 5.74) is 0.0485. The molecule has 1 amide bonds. The van der Waals surface area contributed by atoms with Gasteiger partial charge in [-0.15, -0.1) is 0 Å². The van der Waals surface area contributed by atoms with Crippen LogP contribution in [0.15, 0.2) is 22.1 Å².